The molecule has 1 N–H and O–H groups in total. The third kappa shape index (κ3) is 7.77. The van der Waals surface area contributed by atoms with Crippen LogP contribution in [0.1, 0.15) is 52.4 Å². The predicted octanol–water partition coefficient (Wildman–Crippen LogP) is 7.91. The minimum absolute atomic E-state index is 0. The minimum Gasteiger partial charge on any atom is -0.444 e. The first-order valence-corrected chi connectivity index (χ1v) is 12.6. The van der Waals surface area contributed by atoms with Crippen LogP contribution >= 0.6 is 23.5 Å². The van der Waals surface area contributed by atoms with E-state index in [0.717, 1.165) is 42.9 Å². The molecule has 5 heteroatoms. The van der Waals surface area contributed by atoms with Crippen LogP contribution in [0.4, 0.5) is 10.5 Å². The fraction of sp³-hybridized carbons (Fsp3) is 0.400. The Morgan fingerprint density at radius 3 is 2.00 bits per heavy atom. The van der Waals surface area contributed by atoms with E-state index in [2.05, 4.69) is 55.6 Å². The van der Waals surface area contributed by atoms with Gasteiger partial charge in [-0.15, -0.1) is 23.5 Å². The molecule has 0 heterocycles. The molecule has 2 aliphatic carbocycles. The summed E-state index contributed by atoms with van der Waals surface area (Å²) in [6, 6.07) is 7.97. The molecule has 0 radical (unpaired) electrons. The van der Waals surface area contributed by atoms with Crippen LogP contribution in [0.2, 0.25) is 0 Å². The molecular weight excluding hydrogens is 410 g/mol. The molecule has 1 aromatic rings. The second kappa shape index (κ2) is 12.1. The summed E-state index contributed by atoms with van der Waals surface area (Å²) in [6.07, 6.45) is 17.1. The molecule has 2 aliphatic rings. The number of hydrogen-bond acceptors (Lipinski definition) is 4. The Morgan fingerprint density at radius 1 is 0.967 bits per heavy atom. The summed E-state index contributed by atoms with van der Waals surface area (Å²) >= 11 is 3.53. The molecule has 0 unspecified atom stereocenters. The van der Waals surface area contributed by atoms with Crippen LogP contribution < -0.4 is 5.32 Å². The topological polar surface area (TPSA) is 38.3 Å². The maximum atomic E-state index is 12.5. The predicted molar refractivity (Wildman–Crippen MR) is 134 cm³/mol. The van der Waals surface area contributed by atoms with E-state index in [1.54, 1.807) is 23.5 Å². The third-order valence-electron chi connectivity index (χ3n) is 4.89. The van der Waals surface area contributed by atoms with Crippen LogP contribution in [-0.2, 0) is 4.74 Å². The van der Waals surface area contributed by atoms with E-state index in [1.807, 2.05) is 24.3 Å². The van der Waals surface area contributed by atoms with Crippen molar-refractivity contribution >= 4 is 35.3 Å². The van der Waals surface area contributed by atoms with Gasteiger partial charge in [0, 0.05) is 28.4 Å². The van der Waals surface area contributed by atoms with E-state index < -0.39 is 0 Å². The van der Waals surface area contributed by atoms with E-state index in [0.29, 0.717) is 5.92 Å². The van der Waals surface area contributed by atoms with Crippen molar-refractivity contribution in [1.29, 1.82) is 0 Å². The Labute approximate surface area is 190 Å². The van der Waals surface area contributed by atoms with Crippen LogP contribution in [0.5, 0.6) is 0 Å². The molecule has 0 saturated carbocycles. The first-order valence-electron chi connectivity index (χ1n) is 10.7. The number of anilines is 1. The van der Waals surface area contributed by atoms with Crippen molar-refractivity contribution in [1.82, 2.24) is 0 Å². The van der Waals surface area contributed by atoms with Gasteiger partial charge < -0.3 is 4.74 Å². The van der Waals surface area contributed by atoms with Crippen molar-refractivity contribution in [2.24, 2.45) is 0 Å². The Morgan fingerprint density at radius 2 is 1.53 bits per heavy atom. The molecule has 162 valence electrons. The number of thioether (sulfide) groups is 2. The molecule has 0 spiro atoms. The number of benzene rings is 1. The van der Waals surface area contributed by atoms with Gasteiger partial charge in [0.1, 0.15) is 6.10 Å². The van der Waals surface area contributed by atoms with E-state index in [9.17, 15) is 4.79 Å². The molecule has 3 rings (SSSR count). The van der Waals surface area contributed by atoms with Crippen LogP contribution in [-0.4, -0.2) is 23.7 Å². The molecule has 0 fully saturated rings. The van der Waals surface area contributed by atoms with Crippen molar-refractivity contribution in [2.45, 2.75) is 51.6 Å². The normalized spacial score (nSPS) is 15.9. The maximum absolute atomic E-state index is 12.5. The number of carbonyl (C=O) groups excluding carboxylic acids is 1. The zero-order valence-electron chi connectivity index (χ0n) is 17.8. The Kier molecular flexibility index (Phi) is 9.22. The average molecular weight is 444 g/mol. The number of amides is 1. The molecule has 0 atom stereocenters. The van der Waals surface area contributed by atoms with Gasteiger partial charge >= 0.3 is 6.09 Å². The number of rotatable bonds is 9. The Balaban J connectivity index is 0.00000341. The van der Waals surface area contributed by atoms with Gasteiger partial charge in [-0.05, 0) is 49.3 Å². The van der Waals surface area contributed by atoms with Crippen LogP contribution in [0.25, 0.3) is 0 Å². The summed E-state index contributed by atoms with van der Waals surface area (Å²) < 4.78 is 5.82. The van der Waals surface area contributed by atoms with Gasteiger partial charge in [0.15, 0.2) is 0 Å². The van der Waals surface area contributed by atoms with Gasteiger partial charge in [0.25, 0.3) is 0 Å². The summed E-state index contributed by atoms with van der Waals surface area (Å²) in [6.45, 7) is 4.31. The number of nitrogens with one attached hydrogen (secondary N) is 1. The van der Waals surface area contributed by atoms with Crippen molar-refractivity contribution in [2.75, 3.05) is 16.8 Å². The Hall–Kier alpha value is -1.85. The fourth-order valence-corrected chi connectivity index (χ4v) is 5.27. The quantitative estimate of drug-likeness (QED) is 0.421. The standard InChI is InChI=1S/C25H31NO2S2.H2/c1-19(2)20-13-15-21(16-14-20)26-25(27)28-22(17-29-23-9-5-3-6-10-23)18-30-24-11-7-4-8-12-24;/h5,7,9-16,19,22H,3-4,6,8,17-18H2,1-2H3,(H,26,27);1H. The highest BCUT2D eigenvalue weighted by molar-refractivity contribution is 8.04. The fourth-order valence-electron chi connectivity index (χ4n) is 3.14. The third-order valence-corrected chi connectivity index (χ3v) is 7.24. The summed E-state index contributed by atoms with van der Waals surface area (Å²) in [4.78, 5) is 15.1. The minimum atomic E-state index is -0.389. The van der Waals surface area contributed by atoms with E-state index in [-0.39, 0.29) is 13.6 Å². The lowest BCUT2D eigenvalue weighted by molar-refractivity contribution is 0.134. The second-order valence-corrected chi connectivity index (χ2v) is 9.91. The molecule has 3 nitrogen and oxygen atoms in total. The SMILES string of the molecule is CC(C)c1ccc(NC(=O)OC(CSC2=CCCC=C2)CSC2=CCCC=C2)cc1.[HH]. The molecule has 30 heavy (non-hydrogen) atoms. The highest BCUT2D eigenvalue weighted by Crippen LogP contribution is 2.28. The van der Waals surface area contributed by atoms with E-state index >= 15 is 0 Å². The first-order chi connectivity index (χ1) is 14.6. The molecular formula is C25H33NO2S2. The molecule has 0 aliphatic heterocycles. The van der Waals surface area contributed by atoms with Crippen LogP contribution in [0.15, 0.2) is 70.5 Å². The van der Waals surface area contributed by atoms with Gasteiger partial charge in [-0.3, -0.25) is 5.32 Å². The van der Waals surface area contributed by atoms with E-state index in [4.69, 9.17) is 4.74 Å². The Bertz CT molecular complexity index is 792. The monoisotopic (exact) mass is 443 g/mol. The van der Waals surface area contributed by atoms with Crippen molar-refractivity contribution < 1.29 is 11.0 Å². The second-order valence-electron chi connectivity index (χ2n) is 7.72. The number of allylic oxidation sites excluding steroid dienone is 6. The molecule has 0 saturated heterocycles. The molecule has 0 bridgehead atoms. The molecule has 0 aromatic heterocycles. The van der Waals surface area contributed by atoms with Gasteiger partial charge in [-0.25, -0.2) is 4.79 Å². The van der Waals surface area contributed by atoms with Crippen molar-refractivity contribution in [3.05, 3.63) is 76.1 Å². The average Bonchev–Trinajstić information content (AvgIpc) is 2.77. The zero-order chi connectivity index (χ0) is 21.2. The molecule has 1 amide bonds. The van der Waals surface area contributed by atoms with Crippen LogP contribution in [0.3, 0.4) is 0 Å². The van der Waals surface area contributed by atoms with E-state index in [1.165, 1.54) is 15.4 Å². The largest absolute Gasteiger partial charge is 0.444 e. The molecule has 1 aromatic carbocycles. The van der Waals surface area contributed by atoms with Gasteiger partial charge in [-0.1, -0.05) is 62.4 Å². The maximum Gasteiger partial charge on any atom is 0.411 e. The number of carbonyl (C=O) groups is 1. The van der Waals surface area contributed by atoms with Crippen molar-refractivity contribution in [3.63, 3.8) is 0 Å². The smallest absolute Gasteiger partial charge is 0.411 e. The van der Waals surface area contributed by atoms with Gasteiger partial charge in [-0.2, -0.15) is 0 Å². The summed E-state index contributed by atoms with van der Waals surface area (Å²) in [5, 5.41) is 2.88. The van der Waals surface area contributed by atoms with Gasteiger partial charge in [0.2, 0.25) is 0 Å². The summed E-state index contributed by atoms with van der Waals surface area (Å²) in [5.74, 6) is 1.97. The zero-order valence-corrected chi connectivity index (χ0v) is 19.4. The van der Waals surface area contributed by atoms with Crippen molar-refractivity contribution in [3.8, 4) is 0 Å². The lowest BCUT2D eigenvalue weighted by Gasteiger charge is -2.19. The van der Waals surface area contributed by atoms with Gasteiger partial charge in [0.05, 0.1) is 0 Å². The number of ether oxygens (including phenoxy) is 1. The lowest BCUT2D eigenvalue weighted by Crippen LogP contribution is -2.26. The summed E-state index contributed by atoms with van der Waals surface area (Å²) in [7, 11) is 0. The number of hydrogen-bond donors (Lipinski definition) is 1. The highest BCUT2D eigenvalue weighted by Gasteiger charge is 2.17. The lowest BCUT2D eigenvalue weighted by atomic mass is 10.0. The van der Waals surface area contributed by atoms with Crippen LogP contribution in [0, 0.1) is 0 Å². The summed E-state index contributed by atoms with van der Waals surface area (Å²) in [5.41, 5.74) is 2.02. The highest BCUT2D eigenvalue weighted by atomic mass is 32.2. The first kappa shape index (κ1) is 22.8.